The third-order valence-electron chi connectivity index (χ3n) is 5.34. The average molecular weight is 192 g/mol. The lowest BCUT2D eigenvalue weighted by Crippen LogP contribution is -2.56. The van der Waals surface area contributed by atoms with E-state index < -0.39 is 0 Å². The third-order valence-corrected chi connectivity index (χ3v) is 5.34. The number of ketones is 1. The topological polar surface area (TPSA) is 17.1 Å². The lowest BCUT2D eigenvalue weighted by Gasteiger charge is -2.57. The van der Waals surface area contributed by atoms with E-state index in [-0.39, 0.29) is 5.41 Å². The standard InChI is InChI=1S/C13H20O/c1-12(2)8-9-4-3-6-13(9)7-5-10(13)11(12)14/h9-10H,3-8H2,1-2H3. The van der Waals surface area contributed by atoms with Crippen molar-refractivity contribution in [2.75, 3.05) is 0 Å². The first-order chi connectivity index (χ1) is 6.56. The highest BCUT2D eigenvalue weighted by Crippen LogP contribution is 2.67. The minimum absolute atomic E-state index is 0.0103. The second-order valence-corrected chi connectivity index (χ2v) is 6.37. The first-order valence-electron chi connectivity index (χ1n) is 6.11. The molecule has 0 aromatic carbocycles. The van der Waals surface area contributed by atoms with Gasteiger partial charge in [-0.25, -0.2) is 0 Å². The van der Waals surface area contributed by atoms with E-state index in [4.69, 9.17) is 0 Å². The molecule has 78 valence electrons. The largest absolute Gasteiger partial charge is 0.299 e. The molecular formula is C13H20O. The molecule has 0 radical (unpaired) electrons. The number of rotatable bonds is 0. The van der Waals surface area contributed by atoms with E-state index >= 15 is 0 Å². The maximum atomic E-state index is 12.2. The van der Waals surface area contributed by atoms with Crippen LogP contribution in [0.2, 0.25) is 0 Å². The highest BCUT2D eigenvalue weighted by atomic mass is 16.1. The summed E-state index contributed by atoms with van der Waals surface area (Å²) in [6.07, 6.45) is 7.84. The molecule has 0 N–H and O–H groups in total. The average Bonchev–Trinajstić information content (AvgIpc) is 2.46. The van der Waals surface area contributed by atoms with Gasteiger partial charge < -0.3 is 0 Å². The van der Waals surface area contributed by atoms with E-state index in [9.17, 15) is 4.79 Å². The summed E-state index contributed by atoms with van der Waals surface area (Å²) in [4.78, 5) is 12.2. The van der Waals surface area contributed by atoms with Crippen LogP contribution in [0.25, 0.3) is 0 Å². The summed E-state index contributed by atoms with van der Waals surface area (Å²) in [5, 5.41) is 0. The number of Topliss-reactive ketones (excluding diaryl/α,β-unsaturated/α-hetero) is 1. The molecule has 0 aromatic rings. The van der Waals surface area contributed by atoms with Crippen LogP contribution in [0.1, 0.15) is 52.4 Å². The molecule has 3 rings (SSSR count). The molecule has 3 atom stereocenters. The minimum atomic E-state index is -0.0103. The highest BCUT2D eigenvalue weighted by molar-refractivity contribution is 5.89. The Hall–Kier alpha value is -0.330. The molecule has 1 heteroatoms. The van der Waals surface area contributed by atoms with Crippen molar-refractivity contribution in [2.24, 2.45) is 22.7 Å². The van der Waals surface area contributed by atoms with Gasteiger partial charge in [-0.3, -0.25) is 4.79 Å². The van der Waals surface area contributed by atoms with E-state index in [0.717, 1.165) is 5.92 Å². The first kappa shape index (κ1) is 8.94. The molecule has 0 heterocycles. The van der Waals surface area contributed by atoms with Gasteiger partial charge in [0.15, 0.2) is 0 Å². The maximum absolute atomic E-state index is 12.2. The molecule has 3 aliphatic carbocycles. The predicted octanol–water partition coefficient (Wildman–Crippen LogP) is 3.18. The van der Waals surface area contributed by atoms with Gasteiger partial charge in [0.25, 0.3) is 0 Å². The van der Waals surface area contributed by atoms with Crippen molar-refractivity contribution in [1.29, 1.82) is 0 Å². The lowest BCUT2D eigenvalue weighted by molar-refractivity contribution is -0.158. The summed E-state index contributed by atoms with van der Waals surface area (Å²) < 4.78 is 0. The molecule has 1 spiro atoms. The molecular weight excluding hydrogens is 172 g/mol. The van der Waals surface area contributed by atoms with Gasteiger partial charge in [-0.2, -0.15) is 0 Å². The molecule has 1 nitrogen and oxygen atoms in total. The Morgan fingerprint density at radius 3 is 2.64 bits per heavy atom. The number of carbonyl (C=O) groups excluding carboxylic acids is 1. The van der Waals surface area contributed by atoms with Gasteiger partial charge >= 0.3 is 0 Å². The summed E-state index contributed by atoms with van der Waals surface area (Å²) in [6, 6.07) is 0. The SMILES string of the molecule is CC1(C)CC2CCCC23CCC3C1=O. The van der Waals surface area contributed by atoms with Crippen molar-refractivity contribution in [3.8, 4) is 0 Å². The van der Waals surface area contributed by atoms with Crippen LogP contribution in [0.4, 0.5) is 0 Å². The summed E-state index contributed by atoms with van der Waals surface area (Å²) >= 11 is 0. The zero-order chi connectivity index (χ0) is 9.97. The van der Waals surface area contributed by atoms with Crippen LogP contribution >= 0.6 is 0 Å². The molecule has 0 aliphatic heterocycles. The number of hydrogen-bond acceptors (Lipinski definition) is 1. The second kappa shape index (κ2) is 2.43. The zero-order valence-electron chi connectivity index (χ0n) is 9.31. The Bertz CT molecular complexity index is 292. The van der Waals surface area contributed by atoms with Gasteiger partial charge in [-0.1, -0.05) is 20.3 Å². The number of hydrogen-bond donors (Lipinski definition) is 0. The van der Waals surface area contributed by atoms with Crippen molar-refractivity contribution >= 4 is 5.78 Å². The Morgan fingerprint density at radius 2 is 2.00 bits per heavy atom. The van der Waals surface area contributed by atoms with Crippen molar-refractivity contribution in [1.82, 2.24) is 0 Å². The van der Waals surface area contributed by atoms with Gasteiger partial charge in [0.2, 0.25) is 0 Å². The third kappa shape index (κ3) is 0.844. The molecule has 3 unspecified atom stereocenters. The Morgan fingerprint density at radius 1 is 1.21 bits per heavy atom. The fraction of sp³-hybridized carbons (Fsp3) is 0.923. The van der Waals surface area contributed by atoms with Gasteiger partial charge in [0, 0.05) is 11.3 Å². The number of carbonyl (C=O) groups is 1. The van der Waals surface area contributed by atoms with Crippen LogP contribution in [0.5, 0.6) is 0 Å². The monoisotopic (exact) mass is 192 g/mol. The first-order valence-corrected chi connectivity index (χ1v) is 6.11. The van der Waals surface area contributed by atoms with Crippen LogP contribution in [-0.2, 0) is 4.79 Å². The van der Waals surface area contributed by atoms with Gasteiger partial charge in [0.05, 0.1) is 0 Å². The molecule has 3 aliphatic rings. The molecule has 0 saturated heterocycles. The second-order valence-electron chi connectivity index (χ2n) is 6.37. The van der Waals surface area contributed by atoms with Crippen LogP contribution in [0.3, 0.4) is 0 Å². The van der Waals surface area contributed by atoms with E-state index in [1.807, 2.05) is 0 Å². The van der Waals surface area contributed by atoms with Crippen LogP contribution < -0.4 is 0 Å². The minimum Gasteiger partial charge on any atom is -0.299 e. The van der Waals surface area contributed by atoms with Crippen molar-refractivity contribution < 1.29 is 4.79 Å². The van der Waals surface area contributed by atoms with Crippen LogP contribution in [0, 0.1) is 22.7 Å². The molecule has 3 saturated carbocycles. The fourth-order valence-corrected chi connectivity index (χ4v) is 4.50. The van der Waals surface area contributed by atoms with E-state index in [0.29, 0.717) is 17.1 Å². The van der Waals surface area contributed by atoms with Crippen molar-refractivity contribution in [2.45, 2.75) is 52.4 Å². The summed E-state index contributed by atoms with van der Waals surface area (Å²) in [7, 11) is 0. The zero-order valence-corrected chi connectivity index (χ0v) is 9.31. The maximum Gasteiger partial charge on any atom is 0.142 e. The van der Waals surface area contributed by atoms with Crippen LogP contribution in [0.15, 0.2) is 0 Å². The Balaban J connectivity index is 1.98. The molecule has 14 heavy (non-hydrogen) atoms. The molecule has 0 amide bonds. The van der Waals surface area contributed by atoms with Gasteiger partial charge in [0.1, 0.15) is 5.78 Å². The van der Waals surface area contributed by atoms with Crippen molar-refractivity contribution in [3.05, 3.63) is 0 Å². The molecule has 0 bridgehead atoms. The van der Waals surface area contributed by atoms with Crippen LogP contribution in [-0.4, -0.2) is 5.78 Å². The van der Waals surface area contributed by atoms with Gasteiger partial charge in [-0.05, 0) is 43.4 Å². The molecule has 3 fully saturated rings. The summed E-state index contributed by atoms with van der Waals surface area (Å²) in [5.74, 6) is 1.93. The van der Waals surface area contributed by atoms with E-state index in [2.05, 4.69) is 13.8 Å². The Kier molecular flexibility index (Phi) is 1.55. The fourth-order valence-electron chi connectivity index (χ4n) is 4.50. The normalized spacial score (nSPS) is 49.4. The lowest BCUT2D eigenvalue weighted by atomic mass is 9.45. The smallest absolute Gasteiger partial charge is 0.142 e. The highest BCUT2D eigenvalue weighted by Gasteiger charge is 2.62. The van der Waals surface area contributed by atoms with Crippen molar-refractivity contribution in [3.63, 3.8) is 0 Å². The molecule has 0 aromatic heterocycles. The predicted molar refractivity (Wildman–Crippen MR) is 55.9 cm³/mol. The summed E-state index contributed by atoms with van der Waals surface area (Å²) in [5.41, 5.74) is 0.496. The quantitative estimate of drug-likeness (QED) is 0.576. The van der Waals surface area contributed by atoms with E-state index in [1.54, 1.807) is 0 Å². The van der Waals surface area contributed by atoms with E-state index in [1.165, 1.54) is 38.5 Å². The Labute approximate surface area is 86.3 Å². The van der Waals surface area contributed by atoms with Gasteiger partial charge in [-0.15, -0.1) is 0 Å². The summed E-state index contributed by atoms with van der Waals surface area (Å²) in [6.45, 7) is 4.33.